The van der Waals surface area contributed by atoms with E-state index < -0.39 is 17.9 Å². The van der Waals surface area contributed by atoms with Gasteiger partial charge in [0, 0.05) is 17.1 Å². The van der Waals surface area contributed by atoms with Crippen LogP contribution < -0.4 is 5.32 Å². The lowest BCUT2D eigenvalue weighted by atomic mass is 10.2. The Morgan fingerprint density at radius 1 is 1.16 bits per heavy atom. The van der Waals surface area contributed by atoms with Crippen LogP contribution in [0.3, 0.4) is 0 Å². The maximum atomic E-state index is 13.3. The number of ether oxygens (including phenoxy) is 1. The second-order valence-electron chi connectivity index (χ2n) is 7.28. The van der Waals surface area contributed by atoms with Crippen molar-refractivity contribution in [3.63, 3.8) is 0 Å². The largest absolute Gasteiger partial charge is 0.463 e. The summed E-state index contributed by atoms with van der Waals surface area (Å²) in [6.45, 7) is 3.64. The number of furan rings is 1. The number of carbonyl (C=O) groups is 3. The molecule has 0 unspecified atom stereocenters. The lowest BCUT2D eigenvalue weighted by molar-refractivity contribution is -0.123. The summed E-state index contributed by atoms with van der Waals surface area (Å²) in [6.07, 6.45) is 1.60. The molecule has 164 valence electrons. The zero-order valence-corrected chi connectivity index (χ0v) is 17.6. The van der Waals surface area contributed by atoms with Gasteiger partial charge in [-0.3, -0.25) is 9.69 Å². The van der Waals surface area contributed by atoms with Crippen molar-refractivity contribution in [1.82, 2.24) is 14.8 Å². The molecule has 1 aliphatic heterocycles. The van der Waals surface area contributed by atoms with Crippen LogP contribution in [0.1, 0.15) is 33.3 Å². The standard InChI is InChI=1S/C23H20FN3O5/c1-13-10-15(14(2)27(13)17-6-4-16(24)5-7-17)11-19-21(28)26(23(30)25-19)12-18-8-9-20(32-18)22(29)31-3/h4-11H,12H2,1-3H3,(H,25,30). The van der Waals surface area contributed by atoms with E-state index >= 15 is 0 Å². The van der Waals surface area contributed by atoms with Crippen molar-refractivity contribution in [2.75, 3.05) is 7.11 Å². The fraction of sp³-hybridized carbons (Fsp3) is 0.174. The summed E-state index contributed by atoms with van der Waals surface area (Å²) in [5.74, 6) is -1.24. The molecular formula is C23H20FN3O5. The number of hydrogen-bond acceptors (Lipinski definition) is 5. The third kappa shape index (κ3) is 3.80. The summed E-state index contributed by atoms with van der Waals surface area (Å²) in [5.41, 5.74) is 3.36. The lowest BCUT2D eigenvalue weighted by Crippen LogP contribution is -2.30. The first kappa shape index (κ1) is 21.1. The Labute approximate surface area is 182 Å². The maximum absolute atomic E-state index is 13.3. The lowest BCUT2D eigenvalue weighted by Gasteiger charge is -2.09. The van der Waals surface area contributed by atoms with E-state index in [0.29, 0.717) is 0 Å². The molecular weight excluding hydrogens is 417 g/mol. The van der Waals surface area contributed by atoms with Crippen molar-refractivity contribution in [2.24, 2.45) is 0 Å². The van der Waals surface area contributed by atoms with Crippen molar-refractivity contribution >= 4 is 24.0 Å². The number of nitrogens with zero attached hydrogens (tertiary/aromatic N) is 2. The molecule has 3 aromatic rings. The molecule has 0 bridgehead atoms. The normalized spacial score (nSPS) is 14.9. The van der Waals surface area contributed by atoms with Crippen LogP contribution in [-0.2, 0) is 16.1 Å². The third-order valence-corrected chi connectivity index (χ3v) is 5.18. The molecule has 1 saturated heterocycles. The molecule has 9 heteroatoms. The summed E-state index contributed by atoms with van der Waals surface area (Å²) in [4.78, 5) is 37.7. The van der Waals surface area contributed by atoms with E-state index in [1.807, 2.05) is 24.5 Å². The van der Waals surface area contributed by atoms with Gasteiger partial charge in [0.05, 0.1) is 13.7 Å². The van der Waals surface area contributed by atoms with Gasteiger partial charge in [-0.05, 0) is 68.0 Å². The van der Waals surface area contributed by atoms with Crippen LogP contribution in [0, 0.1) is 19.7 Å². The molecule has 8 nitrogen and oxygen atoms in total. The molecule has 3 amide bonds. The number of methoxy groups -OCH3 is 1. The summed E-state index contributed by atoms with van der Waals surface area (Å²) in [6, 6.07) is 10.3. The van der Waals surface area contributed by atoms with Gasteiger partial charge >= 0.3 is 12.0 Å². The molecule has 2 aromatic heterocycles. The minimum Gasteiger partial charge on any atom is -0.463 e. The number of halogens is 1. The molecule has 0 radical (unpaired) electrons. The quantitative estimate of drug-likeness (QED) is 0.373. The van der Waals surface area contributed by atoms with Crippen LogP contribution in [-0.4, -0.2) is 34.5 Å². The van der Waals surface area contributed by atoms with E-state index in [4.69, 9.17) is 4.42 Å². The number of aromatic nitrogens is 1. The van der Waals surface area contributed by atoms with E-state index in [-0.39, 0.29) is 29.6 Å². The molecule has 0 aliphatic carbocycles. The topological polar surface area (TPSA) is 93.8 Å². The first-order chi connectivity index (χ1) is 15.3. The molecule has 32 heavy (non-hydrogen) atoms. The first-order valence-corrected chi connectivity index (χ1v) is 9.75. The Morgan fingerprint density at radius 2 is 1.88 bits per heavy atom. The van der Waals surface area contributed by atoms with E-state index in [9.17, 15) is 18.8 Å². The number of rotatable bonds is 5. The van der Waals surface area contributed by atoms with Crippen LogP contribution in [0.2, 0.25) is 0 Å². The Morgan fingerprint density at radius 3 is 2.56 bits per heavy atom. The van der Waals surface area contributed by atoms with E-state index in [1.165, 1.54) is 31.4 Å². The predicted octanol–water partition coefficient (Wildman–Crippen LogP) is 3.71. The number of aryl methyl sites for hydroxylation is 1. The Hall–Kier alpha value is -4.14. The molecule has 0 saturated carbocycles. The zero-order chi connectivity index (χ0) is 23.0. The summed E-state index contributed by atoms with van der Waals surface area (Å²) in [7, 11) is 1.23. The third-order valence-electron chi connectivity index (χ3n) is 5.18. The Balaban J connectivity index is 1.58. The van der Waals surface area contributed by atoms with Crippen molar-refractivity contribution in [3.05, 3.63) is 82.5 Å². The van der Waals surface area contributed by atoms with Gasteiger partial charge in [-0.2, -0.15) is 0 Å². The van der Waals surface area contributed by atoms with Crippen molar-refractivity contribution in [1.29, 1.82) is 0 Å². The van der Waals surface area contributed by atoms with Crippen molar-refractivity contribution < 1.29 is 27.9 Å². The van der Waals surface area contributed by atoms with E-state index in [1.54, 1.807) is 18.2 Å². The zero-order valence-electron chi connectivity index (χ0n) is 17.6. The predicted molar refractivity (Wildman–Crippen MR) is 112 cm³/mol. The van der Waals surface area contributed by atoms with Gasteiger partial charge in [0.15, 0.2) is 0 Å². The molecule has 0 spiro atoms. The van der Waals surface area contributed by atoms with Gasteiger partial charge < -0.3 is 19.0 Å². The molecule has 1 N–H and O–H groups in total. The van der Waals surface area contributed by atoms with Crippen LogP contribution >= 0.6 is 0 Å². The minimum absolute atomic E-state index is 0.0152. The second kappa shape index (κ2) is 8.18. The van der Waals surface area contributed by atoms with Crippen LogP contribution in [0.4, 0.5) is 9.18 Å². The highest BCUT2D eigenvalue weighted by molar-refractivity contribution is 6.13. The highest BCUT2D eigenvalue weighted by atomic mass is 19.1. The van der Waals surface area contributed by atoms with E-state index in [0.717, 1.165) is 27.5 Å². The molecule has 0 atom stereocenters. The van der Waals surface area contributed by atoms with Crippen molar-refractivity contribution in [2.45, 2.75) is 20.4 Å². The number of benzene rings is 1. The minimum atomic E-state index is -0.648. The van der Waals surface area contributed by atoms with Gasteiger partial charge in [0.1, 0.15) is 17.3 Å². The number of esters is 1. The van der Waals surface area contributed by atoms with Gasteiger partial charge in [-0.1, -0.05) is 0 Å². The SMILES string of the molecule is COC(=O)c1ccc(CN2C(=O)NC(=Cc3cc(C)n(-c4ccc(F)cc4)c3C)C2=O)o1. The fourth-order valence-corrected chi connectivity index (χ4v) is 3.62. The number of carbonyl (C=O) groups excluding carboxylic acids is 3. The molecule has 3 heterocycles. The van der Waals surface area contributed by atoms with Crippen LogP contribution in [0.25, 0.3) is 11.8 Å². The monoisotopic (exact) mass is 437 g/mol. The smallest absolute Gasteiger partial charge is 0.373 e. The van der Waals surface area contributed by atoms with E-state index in [2.05, 4.69) is 10.1 Å². The summed E-state index contributed by atoms with van der Waals surface area (Å²) in [5, 5.41) is 2.57. The average molecular weight is 437 g/mol. The van der Waals surface area contributed by atoms with Gasteiger partial charge in [-0.25, -0.2) is 14.0 Å². The second-order valence-corrected chi connectivity index (χ2v) is 7.28. The summed E-state index contributed by atoms with van der Waals surface area (Å²) >= 11 is 0. The Bertz CT molecular complexity index is 1250. The number of imide groups is 1. The highest BCUT2D eigenvalue weighted by Crippen LogP contribution is 2.25. The van der Waals surface area contributed by atoms with Crippen molar-refractivity contribution in [3.8, 4) is 5.69 Å². The van der Waals surface area contributed by atoms with Gasteiger partial charge in [-0.15, -0.1) is 0 Å². The van der Waals surface area contributed by atoms with Crippen LogP contribution in [0.5, 0.6) is 0 Å². The molecule has 1 aromatic carbocycles. The number of hydrogen-bond donors (Lipinski definition) is 1. The van der Waals surface area contributed by atoms with Crippen LogP contribution in [0.15, 0.2) is 52.6 Å². The number of urea groups is 1. The fourth-order valence-electron chi connectivity index (χ4n) is 3.62. The molecule has 1 fully saturated rings. The first-order valence-electron chi connectivity index (χ1n) is 9.75. The molecule has 1 aliphatic rings. The number of nitrogens with one attached hydrogen (secondary N) is 1. The molecule has 4 rings (SSSR count). The summed E-state index contributed by atoms with van der Waals surface area (Å²) < 4.78 is 25.1. The average Bonchev–Trinajstić information content (AvgIpc) is 3.42. The van der Waals surface area contributed by atoms with Gasteiger partial charge in [0.2, 0.25) is 5.76 Å². The Kier molecular flexibility index (Phi) is 5.40. The maximum Gasteiger partial charge on any atom is 0.373 e. The number of amides is 3. The highest BCUT2D eigenvalue weighted by Gasteiger charge is 2.34. The van der Waals surface area contributed by atoms with Gasteiger partial charge in [0.25, 0.3) is 5.91 Å².